The minimum Gasteiger partial charge on any atom is -0.387 e. The number of thiazole rings is 1. The number of fused-ring (bicyclic) bond motifs is 1. The third kappa shape index (κ3) is 4.22. The second kappa shape index (κ2) is 9.08. The van der Waals surface area contributed by atoms with E-state index in [-0.39, 0.29) is 35.3 Å². The molecule has 0 bridgehead atoms. The molecule has 33 heavy (non-hydrogen) atoms. The van der Waals surface area contributed by atoms with Crippen molar-refractivity contribution in [1.82, 2.24) is 34.7 Å². The summed E-state index contributed by atoms with van der Waals surface area (Å²) in [5.74, 6) is 4.83. The molecular weight excluding hydrogens is 452 g/mol. The Kier molecular flexibility index (Phi) is 6.20. The van der Waals surface area contributed by atoms with Gasteiger partial charge in [0.25, 0.3) is 11.8 Å². The molecule has 4 rings (SSSR count). The summed E-state index contributed by atoms with van der Waals surface area (Å²) in [6, 6.07) is 0. The van der Waals surface area contributed by atoms with Crippen LogP contribution in [0, 0.1) is 11.8 Å². The topological polar surface area (TPSA) is 182 Å². The van der Waals surface area contributed by atoms with Crippen LogP contribution in [0.15, 0.2) is 17.9 Å². The van der Waals surface area contributed by atoms with Gasteiger partial charge in [0, 0.05) is 25.7 Å². The van der Waals surface area contributed by atoms with E-state index in [0.717, 1.165) is 0 Å². The lowest BCUT2D eigenvalue weighted by atomic mass is 10.1. The Morgan fingerprint density at radius 3 is 2.82 bits per heavy atom. The van der Waals surface area contributed by atoms with E-state index in [4.69, 9.17) is 10.5 Å². The van der Waals surface area contributed by atoms with E-state index < -0.39 is 30.4 Å². The average molecular weight is 472 g/mol. The molecule has 0 radical (unpaired) electrons. The van der Waals surface area contributed by atoms with E-state index in [2.05, 4.69) is 37.1 Å². The molecule has 13 nitrogen and oxygen atoms in total. The van der Waals surface area contributed by atoms with Crippen molar-refractivity contribution in [2.24, 2.45) is 0 Å². The van der Waals surface area contributed by atoms with Gasteiger partial charge < -0.3 is 30.9 Å². The predicted molar refractivity (Wildman–Crippen MR) is 116 cm³/mol. The number of nitrogen functional groups attached to an aromatic ring is 1. The number of aliphatic hydroxyl groups is 2. The highest BCUT2D eigenvalue weighted by atomic mass is 32.1. The number of carbonyl (C=O) groups is 2. The first kappa shape index (κ1) is 22.6. The molecule has 1 unspecified atom stereocenters. The Hall–Kier alpha value is -3.64. The Morgan fingerprint density at radius 2 is 2.12 bits per heavy atom. The largest absolute Gasteiger partial charge is 0.387 e. The van der Waals surface area contributed by atoms with Gasteiger partial charge in [-0.1, -0.05) is 5.92 Å². The summed E-state index contributed by atoms with van der Waals surface area (Å²) in [5.41, 5.74) is 6.43. The van der Waals surface area contributed by atoms with Crippen LogP contribution in [0.25, 0.3) is 11.2 Å². The molecule has 4 atom stereocenters. The molecule has 0 spiro atoms. The van der Waals surface area contributed by atoms with Crippen molar-refractivity contribution in [2.45, 2.75) is 24.5 Å². The Labute approximate surface area is 191 Å². The fraction of sp³-hybridized carbons (Fsp3) is 0.368. The summed E-state index contributed by atoms with van der Waals surface area (Å²) in [4.78, 5) is 42.1. The first-order valence-corrected chi connectivity index (χ1v) is 10.6. The maximum atomic E-state index is 12.2. The minimum absolute atomic E-state index is 0.0474. The van der Waals surface area contributed by atoms with Crippen LogP contribution in [0.5, 0.6) is 0 Å². The van der Waals surface area contributed by atoms with Crippen molar-refractivity contribution in [2.75, 3.05) is 26.4 Å². The molecule has 1 saturated heterocycles. The van der Waals surface area contributed by atoms with Crippen LogP contribution in [0.4, 0.5) is 5.82 Å². The van der Waals surface area contributed by atoms with Crippen LogP contribution in [-0.4, -0.2) is 90.4 Å². The number of hydrogen-bond donors (Lipinski definition) is 4. The van der Waals surface area contributed by atoms with E-state index in [1.165, 1.54) is 34.2 Å². The summed E-state index contributed by atoms with van der Waals surface area (Å²) in [6.45, 7) is 0.101. The van der Waals surface area contributed by atoms with Crippen molar-refractivity contribution in [3.05, 3.63) is 28.7 Å². The highest BCUT2D eigenvalue weighted by Gasteiger charge is 2.47. The van der Waals surface area contributed by atoms with Gasteiger partial charge in [-0.3, -0.25) is 14.2 Å². The summed E-state index contributed by atoms with van der Waals surface area (Å²) in [7, 11) is 2.99. The molecule has 1 aliphatic rings. The Morgan fingerprint density at radius 1 is 1.33 bits per heavy atom. The van der Waals surface area contributed by atoms with Gasteiger partial charge in [-0.05, 0) is 5.92 Å². The summed E-state index contributed by atoms with van der Waals surface area (Å²) < 4.78 is 6.92. The van der Waals surface area contributed by atoms with Gasteiger partial charge in [0.2, 0.25) is 5.82 Å². The van der Waals surface area contributed by atoms with Crippen LogP contribution in [-0.2, 0) is 9.53 Å². The molecule has 172 valence electrons. The number of nitrogens with one attached hydrogen (secondary N) is 1. The number of carbonyl (C=O) groups excluding carboxylic acids is 2. The highest BCUT2D eigenvalue weighted by molar-refractivity contribution is 7.11. The van der Waals surface area contributed by atoms with E-state index >= 15 is 0 Å². The van der Waals surface area contributed by atoms with Gasteiger partial charge in [0.15, 0.2) is 28.8 Å². The minimum atomic E-state index is -1.45. The zero-order valence-electron chi connectivity index (χ0n) is 17.5. The van der Waals surface area contributed by atoms with Crippen molar-refractivity contribution >= 4 is 40.1 Å². The van der Waals surface area contributed by atoms with Crippen molar-refractivity contribution in [1.29, 1.82) is 0 Å². The van der Waals surface area contributed by atoms with Crippen LogP contribution < -0.4 is 11.1 Å². The van der Waals surface area contributed by atoms with E-state index in [0.29, 0.717) is 5.01 Å². The molecule has 5 N–H and O–H groups in total. The second-order valence-electron chi connectivity index (χ2n) is 7.10. The number of aromatic nitrogens is 5. The third-order valence-corrected chi connectivity index (χ3v) is 5.71. The fourth-order valence-corrected chi connectivity index (χ4v) is 3.86. The van der Waals surface area contributed by atoms with Gasteiger partial charge >= 0.3 is 0 Å². The monoisotopic (exact) mass is 472 g/mol. The predicted octanol–water partition coefficient (Wildman–Crippen LogP) is -1.65. The number of imidazole rings is 1. The molecule has 0 aliphatic carbocycles. The number of nitrogens with two attached hydrogens (primary N) is 1. The van der Waals surface area contributed by atoms with Crippen LogP contribution >= 0.6 is 11.3 Å². The molecule has 14 heteroatoms. The SMILES string of the molecule is CNC(=O)[C@H]1O[C@@H](n2cnc3c(N)nc(C#CCN(C)C(=O)c4nccs4)nc32)C(O)[C@@H]1O. The van der Waals surface area contributed by atoms with Gasteiger partial charge in [-0.25, -0.2) is 19.9 Å². The van der Waals surface area contributed by atoms with Crippen molar-refractivity contribution < 1.29 is 24.5 Å². The maximum absolute atomic E-state index is 12.2. The lowest BCUT2D eigenvalue weighted by Crippen LogP contribution is -2.41. The highest BCUT2D eigenvalue weighted by Crippen LogP contribution is 2.32. The zero-order chi connectivity index (χ0) is 23.7. The molecule has 3 aromatic heterocycles. The summed E-state index contributed by atoms with van der Waals surface area (Å²) in [6.07, 6.45) is -2.40. The average Bonchev–Trinajstić information content (AvgIpc) is 3.54. The number of likely N-dealkylation sites (N-methyl/N-ethyl adjacent to an activating group) is 1. The number of hydrogen-bond acceptors (Lipinski definition) is 11. The molecule has 1 fully saturated rings. The molecular formula is C19H20N8O5S. The number of rotatable bonds is 4. The fourth-order valence-electron chi connectivity index (χ4n) is 3.23. The molecule has 1 aliphatic heterocycles. The number of anilines is 1. The summed E-state index contributed by atoms with van der Waals surface area (Å²) >= 11 is 1.23. The van der Waals surface area contributed by atoms with E-state index in [9.17, 15) is 19.8 Å². The molecule has 3 aromatic rings. The van der Waals surface area contributed by atoms with E-state index in [1.807, 2.05) is 0 Å². The van der Waals surface area contributed by atoms with E-state index in [1.54, 1.807) is 18.6 Å². The second-order valence-corrected chi connectivity index (χ2v) is 7.99. The standard InChI is InChI=1S/C19H20N8O5S/c1-21-16(30)13-11(28)12(29)19(32-13)27-8-23-10-14(20)24-9(25-15(10)27)4-3-6-26(2)18(31)17-22-5-7-33-17/h5,7-8,11-13,19,28-29H,6H2,1-2H3,(H,21,30)(H2,20,24,25)/t11-,12?,13-,19+/m0/s1. The van der Waals surface area contributed by atoms with Gasteiger partial charge in [0.05, 0.1) is 12.9 Å². The number of nitrogens with zero attached hydrogens (tertiary/aromatic N) is 6. The molecule has 4 heterocycles. The quantitative estimate of drug-likeness (QED) is 0.321. The normalized spacial score (nSPS) is 22.1. The van der Waals surface area contributed by atoms with Gasteiger partial charge in [0.1, 0.15) is 17.7 Å². The first-order chi connectivity index (χ1) is 15.8. The number of amides is 2. The van der Waals surface area contributed by atoms with Gasteiger partial charge in [-0.2, -0.15) is 0 Å². The smallest absolute Gasteiger partial charge is 0.283 e. The molecule has 2 amide bonds. The van der Waals surface area contributed by atoms with Crippen molar-refractivity contribution in [3.8, 4) is 11.8 Å². The molecule has 0 saturated carbocycles. The van der Waals surface area contributed by atoms with Gasteiger partial charge in [-0.15, -0.1) is 11.3 Å². The number of ether oxygens (including phenoxy) is 1. The van der Waals surface area contributed by atoms with Crippen LogP contribution in [0.3, 0.4) is 0 Å². The Balaban J connectivity index is 1.58. The lowest BCUT2D eigenvalue weighted by molar-refractivity contribution is -0.137. The summed E-state index contributed by atoms with van der Waals surface area (Å²) in [5, 5.41) is 25.1. The zero-order valence-corrected chi connectivity index (χ0v) is 18.4. The lowest BCUT2D eigenvalue weighted by Gasteiger charge is -2.16. The number of aliphatic hydroxyl groups excluding tert-OH is 2. The molecule has 0 aromatic carbocycles. The van der Waals surface area contributed by atoms with Crippen LogP contribution in [0.2, 0.25) is 0 Å². The van der Waals surface area contributed by atoms with Crippen molar-refractivity contribution in [3.63, 3.8) is 0 Å². The first-order valence-electron chi connectivity index (χ1n) is 9.69. The van der Waals surface area contributed by atoms with Crippen LogP contribution in [0.1, 0.15) is 21.9 Å². The Bertz CT molecular complexity index is 1250. The maximum Gasteiger partial charge on any atom is 0.283 e. The third-order valence-electron chi connectivity index (χ3n) is 4.94.